The van der Waals surface area contributed by atoms with E-state index in [1.54, 1.807) is 0 Å². The largest absolute Gasteiger partial charge is 0.294 e. The molecule has 1 N–H and O–H groups in total. The van der Waals surface area contributed by atoms with Gasteiger partial charge in [-0.05, 0) is 49.3 Å². The molecule has 33 heavy (non-hydrogen) atoms. The maximum absolute atomic E-state index is 13.0. The zero-order valence-corrected chi connectivity index (χ0v) is 19.4. The highest BCUT2D eigenvalue weighted by Crippen LogP contribution is 2.34. The lowest BCUT2D eigenvalue weighted by Gasteiger charge is -2.25. The molecule has 0 aliphatic heterocycles. The zero-order valence-electron chi connectivity index (χ0n) is 19.4. The fraction of sp³-hybridized carbons (Fsp3) is 0.296. The average molecular weight is 438 g/mol. The summed E-state index contributed by atoms with van der Waals surface area (Å²) in [6.07, 6.45) is 1.19. The van der Waals surface area contributed by atoms with Crippen LogP contribution in [0.25, 0.3) is 10.9 Å². The fourth-order valence-electron chi connectivity index (χ4n) is 4.61. The number of aryl methyl sites for hydroxylation is 2. The van der Waals surface area contributed by atoms with Crippen LogP contribution in [-0.4, -0.2) is 25.7 Å². The lowest BCUT2D eigenvalue weighted by molar-refractivity contribution is 0.0962. The van der Waals surface area contributed by atoms with Gasteiger partial charge in [-0.25, -0.2) is 19.9 Å². The number of para-hydroxylation sites is 1. The molecule has 2 aromatic heterocycles. The Labute approximate surface area is 193 Å². The van der Waals surface area contributed by atoms with Crippen molar-refractivity contribution < 1.29 is 4.79 Å². The van der Waals surface area contributed by atoms with Crippen molar-refractivity contribution in [2.75, 3.05) is 5.32 Å². The van der Waals surface area contributed by atoms with Gasteiger partial charge in [0, 0.05) is 11.8 Å². The van der Waals surface area contributed by atoms with Gasteiger partial charge in [-0.1, -0.05) is 56.3 Å². The Hall–Kier alpha value is -3.67. The smallest absolute Gasteiger partial charge is 0.230 e. The van der Waals surface area contributed by atoms with Gasteiger partial charge in [0.15, 0.2) is 5.78 Å². The summed E-state index contributed by atoms with van der Waals surface area (Å²) in [7, 11) is 0. The normalized spacial score (nSPS) is 15.7. The number of fused-ring (bicyclic) bond motifs is 2. The van der Waals surface area contributed by atoms with Crippen molar-refractivity contribution in [1.29, 1.82) is 0 Å². The van der Waals surface area contributed by atoms with Gasteiger partial charge in [0.2, 0.25) is 11.9 Å². The van der Waals surface area contributed by atoms with Gasteiger partial charge in [-0.2, -0.15) is 0 Å². The molecule has 166 valence electrons. The third kappa shape index (κ3) is 4.09. The Balaban J connectivity index is 1.46. The molecule has 0 bridgehead atoms. The summed E-state index contributed by atoms with van der Waals surface area (Å²) in [6.45, 7) is 8.20. The van der Waals surface area contributed by atoms with Gasteiger partial charge in [-0.15, -0.1) is 0 Å². The van der Waals surface area contributed by atoms with Crippen molar-refractivity contribution in [3.8, 4) is 0 Å². The Kier molecular flexibility index (Phi) is 5.36. The van der Waals surface area contributed by atoms with Crippen LogP contribution in [0.3, 0.4) is 0 Å². The van der Waals surface area contributed by atoms with Crippen molar-refractivity contribution in [1.82, 2.24) is 19.9 Å². The Bertz CT molecular complexity index is 1360. The number of benzene rings is 2. The van der Waals surface area contributed by atoms with Crippen molar-refractivity contribution in [2.45, 2.75) is 52.4 Å². The van der Waals surface area contributed by atoms with Gasteiger partial charge < -0.3 is 0 Å². The van der Waals surface area contributed by atoms with Crippen molar-refractivity contribution in [2.24, 2.45) is 0 Å². The molecule has 0 spiro atoms. The van der Waals surface area contributed by atoms with Gasteiger partial charge >= 0.3 is 0 Å². The summed E-state index contributed by atoms with van der Waals surface area (Å²) in [5.74, 6) is 1.58. The number of aromatic nitrogens is 4. The molecular weight excluding hydrogens is 410 g/mol. The van der Waals surface area contributed by atoms with E-state index in [4.69, 9.17) is 4.98 Å². The predicted octanol–water partition coefficient (Wildman–Crippen LogP) is 5.82. The molecule has 1 atom stereocenters. The van der Waals surface area contributed by atoms with Crippen molar-refractivity contribution >= 4 is 28.6 Å². The number of rotatable bonds is 4. The van der Waals surface area contributed by atoms with Crippen LogP contribution < -0.4 is 5.32 Å². The molecule has 2 aromatic carbocycles. The lowest BCUT2D eigenvalue weighted by Crippen LogP contribution is -2.23. The molecule has 0 radical (unpaired) electrons. The molecule has 6 heteroatoms. The van der Waals surface area contributed by atoms with E-state index in [1.165, 1.54) is 11.1 Å². The number of hydrogen-bond acceptors (Lipinski definition) is 6. The maximum atomic E-state index is 13.0. The molecule has 1 aliphatic rings. The molecular formula is C27H27N5O. The van der Waals surface area contributed by atoms with E-state index in [9.17, 15) is 4.79 Å². The van der Waals surface area contributed by atoms with Crippen LogP contribution >= 0.6 is 0 Å². The van der Waals surface area contributed by atoms with Crippen LogP contribution in [0.2, 0.25) is 0 Å². The standard InChI is InChI=1S/C27H27N5O/c1-15(2)18-9-11-19(12-10-18)20-13-23-25(24(33)14-20)17(4)29-27(31-23)32-26-28-16(3)21-7-5-6-8-22(21)30-26/h5-12,15,20H,13-14H2,1-4H3,(H,28,29,30,31,32). The van der Waals surface area contributed by atoms with Gasteiger partial charge in [-0.3, -0.25) is 10.1 Å². The van der Waals surface area contributed by atoms with Gasteiger partial charge in [0.05, 0.1) is 28.2 Å². The summed E-state index contributed by atoms with van der Waals surface area (Å²) in [4.78, 5) is 31.4. The number of nitrogens with one attached hydrogen (secondary N) is 1. The second-order valence-corrected chi connectivity index (χ2v) is 9.08. The first-order chi connectivity index (χ1) is 15.9. The molecule has 1 unspecified atom stereocenters. The van der Waals surface area contributed by atoms with E-state index in [1.807, 2.05) is 38.1 Å². The summed E-state index contributed by atoms with van der Waals surface area (Å²) >= 11 is 0. The molecule has 0 saturated carbocycles. The third-order valence-electron chi connectivity index (χ3n) is 6.41. The molecule has 2 heterocycles. The second kappa shape index (κ2) is 8.35. The highest BCUT2D eigenvalue weighted by Gasteiger charge is 2.30. The monoisotopic (exact) mass is 437 g/mol. The van der Waals surface area contributed by atoms with Crippen LogP contribution in [0.5, 0.6) is 0 Å². The van der Waals surface area contributed by atoms with Gasteiger partial charge in [0.1, 0.15) is 0 Å². The quantitative estimate of drug-likeness (QED) is 0.433. The minimum Gasteiger partial charge on any atom is -0.294 e. The first-order valence-corrected chi connectivity index (χ1v) is 11.4. The number of Topliss-reactive ketones (excluding diaryl/α,β-unsaturated/α-hetero) is 1. The topological polar surface area (TPSA) is 80.7 Å². The third-order valence-corrected chi connectivity index (χ3v) is 6.41. The van der Waals surface area contributed by atoms with E-state index < -0.39 is 0 Å². The van der Waals surface area contributed by atoms with Crippen LogP contribution in [0.1, 0.15) is 70.7 Å². The summed E-state index contributed by atoms with van der Waals surface area (Å²) in [6, 6.07) is 16.5. The number of hydrogen-bond donors (Lipinski definition) is 1. The molecule has 0 fully saturated rings. The van der Waals surface area contributed by atoms with Crippen molar-refractivity contribution in [3.05, 3.63) is 82.3 Å². The van der Waals surface area contributed by atoms with E-state index in [-0.39, 0.29) is 11.7 Å². The molecule has 4 aromatic rings. The molecule has 0 saturated heterocycles. The van der Waals surface area contributed by atoms with Gasteiger partial charge in [0.25, 0.3) is 0 Å². The Morgan fingerprint density at radius 1 is 0.848 bits per heavy atom. The van der Waals surface area contributed by atoms with E-state index in [2.05, 4.69) is 58.4 Å². The molecule has 1 aliphatic carbocycles. The Morgan fingerprint density at radius 3 is 2.30 bits per heavy atom. The predicted molar refractivity (Wildman–Crippen MR) is 130 cm³/mol. The summed E-state index contributed by atoms with van der Waals surface area (Å²) in [5.41, 5.74) is 6.37. The second-order valence-electron chi connectivity index (χ2n) is 9.08. The number of nitrogens with zero attached hydrogens (tertiary/aromatic N) is 4. The fourth-order valence-corrected chi connectivity index (χ4v) is 4.61. The molecule has 6 nitrogen and oxygen atoms in total. The number of carbonyl (C=O) groups is 1. The van der Waals surface area contributed by atoms with Crippen LogP contribution in [0.15, 0.2) is 48.5 Å². The molecule has 0 amide bonds. The van der Waals surface area contributed by atoms with Crippen LogP contribution in [0, 0.1) is 13.8 Å². The summed E-state index contributed by atoms with van der Waals surface area (Å²) in [5, 5.41) is 4.18. The first-order valence-electron chi connectivity index (χ1n) is 11.4. The minimum atomic E-state index is 0.107. The SMILES string of the molecule is Cc1nc(Nc2nc(C)c3ccccc3n2)nc2c1C(=O)CC(c1ccc(C(C)C)cc1)C2. The first kappa shape index (κ1) is 21.2. The molecule has 5 rings (SSSR count). The summed E-state index contributed by atoms with van der Waals surface area (Å²) < 4.78 is 0. The van der Waals surface area contributed by atoms with Crippen LogP contribution in [-0.2, 0) is 6.42 Å². The zero-order chi connectivity index (χ0) is 23.1. The van der Waals surface area contributed by atoms with E-state index in [0.29, 0.717) is 41.9 Å². The number of carbonyl (C=O) groups excluding carboxylic acids is 1. The Morgan fingerprint density at radius 2 is 1.55 bits per heavy atom. The van der Waals surface area contributed by atoms with Crippen LogP contribution in [0.4, 0.5) is 11.9 Å². The van der Waals surface area contributed by atoms with E-state index >= 15 is 0 Å². The minimum absolute atomic E-state index is 0.107. The van der Waals surface area contributed by atoms with Crippen molar-refractivity contribution in [3.63, 3.8) is 0 Å². The number of ketones is 1. The highest BCUT2D eigenvalue weighted by atomic mass is 16.1. The lowest BCUT2D eigenvalue weighted by atomic mass is 9.81. The highest BCUT2D eigenvalue weighted by molar-refractivity contribution is 5.99. The number of anilines is 2. The maximum Gasteiger partial charge on any atom is 0.230 e. The van der Waals surface area contributed by atoms with E-state index in [0.717, 1.165) is 22.3 Å². The average Bonchev–Trinajstić information content (AvgIpc) is 2.78.